The number of carbonyl (C=O) groups is 1. The van der Waals surface area contributed by atoms with Crippen molar-refractivity contribution in [2.45, 2.75) is 12.8 Å². The maximum absolute atomic E-state index is 12.8. The van der Waals surface area contributed by atoms with E-state index in [0.717, 1.165) is 24.3 Å². The van der Waals surface area contributed by atoms with Crippen LogP contribution in [0.1, 0.15) is 11.1 Å². The monoisotopic (exact) mass is 446 g/mol. The molecule has 0 saturated carbocycles. The van der Waals surface area contributed by atoms with E-state index in [4.69, 9.17) is 16.3 Å². The molecule has 1 amide bonds. The highest BCUT2D eigenvalue weighted by atomic mass is 35.5. The molecule has 0 bridgehead atoms. The number of carbonyl (C=O) groups excluding carboxylic acids is 1. The number of alkyl halides is 5. The van der Waals surface area contributed by atoms with E-state index in [9.17, 15) is 32.0 Å². The molecule has 11 heteroatoms. The number of ether oxygens (including phenoxy) is 2. The molecule has 0 fully saturated rings. The van der Waals surface area contributed by atoms with Crippen LogP contribution in [0.15, 0.2) is 42.0 Å². The van der Waals surface area contributed by atoms with Crippen molar-refractivity contribution in [3.63, 3.8) is 0 Å². The summed E-state index contributed by atoms with van der Waals surface area (Å²) in [7, 11) is 1.20. The van der Waals surface area contributed by atoms with E-state index >= 15 is 0 Å². The van der Waals surface area contributed by atoms with E-state index in [1.165, 1.54) is 19.2 Å². The van der Waals surface area contributed by atoms with Crippen LogP contribution < -0.4 is 14.8 Å². The molecule has 0 radical (unpaired) electrons. The van der Waals surface area contributed by atoms with Gasteiger partial charge in [-0.15, -0.1) is 0 Å². The van der Waals surface area contributed by atoms with Gasteiger partial charge < -0.3 is 14.8 Å². The lowest BCUT2D eigenvalue weighted by molar-refractivity contribution is -0.137. The summed E-state index contributed by atoms with van der Waals surface area (Å²) < 4.78 is 72.5. The molecule has 0 aliphatic rings. The van der Waals surface area contributed by atoms with Gasteiger partial charge in [0.1, 0.15) is 11.6 Å². The fourth-order valence-corrected chi connectivity index (χ4v) is 2.43. The Morgan fingerprint density at radius 1 is 1.20 bits per heavy atom. The minimum absolute atomic E-state index is 0.0809. The second kappa shape index (κ2) is 9.45. The lowest BCUT2D eigenvalue weighted by Gasteiger charge is -2.12. The van der Waals surface area contributed by atoms with Crippen LogP contribution in [-0.2, 0) is 11.0 Å². The SMILES string of the molecule is COc1cc(C=C(C#N)C(=O)Nc2cc(C(F)(F)F)ccc2Cl)ccc1OC(F)F. The van der Waals surface area contributed by atoms with E-state index in [1.54, 1.807) is 6.07 Å². The van der Waals surface area contributed by atoms with Crippen LogP contribution >= 0.6 is 11.6 Å². The Kier molecular flexibility index (Phi) is 7.24. The normalized spacial score (nSPS) is 11.8. The molecule has 2 rings (SSSR count). The molecule has 5 nitrogen and oxygen atoms in total. The van der Waals surface area contributed by atoms with Crippen molar-refractivity contribution >= 4 is 29.3 Å². The molecule has 0 unspecified atom stereocenters. The number of rotatable bonds is 6. The predicted molar refractivity (Wildman–Crippen MR) is 98.3 cm³/mol. The van der Waals surface area contributed by atoms with Crippen molar-refractivity contribution in [1.29, 1.82) is 5.26 Å². The first-order valence-corrected chi connectivity index (χ1v) is 8.35. The highest BCUT2D eigenvalue weighted by Crippen LogP contribution is 2.34. The molecule has 0 atom stereocenters. The summed E-state index contributed by atoms with van der Waals surface area (Å²) in [6, 6.07) is 7.61. The first-order valence-electron chi connectivity index (χ1n) is 7.98. The number of benzene rings is 2. The number of halogens is 6. The number of amides is 1. The van der Waals surface area contributed by atoms with Crippen molar-refractivity contribution in [1.82, 2.24) is 0 Å². The fourth-order valence-electron chi connectivity index (χ4n) is 2.27. The minimum Gasteiger partial charge on any atom is -0.493 e. The molecule has 30 heavy (non-hydrogen) atoms. The number of anilines is 1. The lowest BCUT2D eigenvalue weighted by atomic mass is 10.1. The number of nitrogens with zero attached hydrogens (tertiary/aromatic N) is 1. The summed E-state index contributed by atoms with van der Waals surface area (Å²) >= 11 is 5.82. The number of methoxy groups -OCH3 is 1. The number of nitrogens with one attached hydrogen (secondary N) is 1. The molecule has 0 spiro atoms. The van der Waals surface area contributed by atoms with Crippen molar-refractivity contribution in [3.05, 3.63) is 58.1 Å². The Labute approximate surface area is 172 Å². The minimum atomic E-state index is -4.66. The lowest BCUT2D eigenvalue weighted by Crippen LogP contribution is -2.15. The average molecular weight is 447 g/mol. The van der Waals surface area contributed by atoms with Gasteiger partial charge in [0.25, 0.3) is 5.91 Å². The van der Waals surface area contributed by atoms with E-state index in [0.29, 0.717) is 6.07 Å². The standard InChI is InChI=1S/C19H12ClF5N2O3/c1-29-16-7-10(2-5-15(16)30-18(21)22)6-11(9-26)17(28)27-14-8-12(19(23,24)25)3-4-13(14)20/h2-8,18H,1H3,(H,27,28). The Balaban J connectivity index is 2.31. The molecular weight excluding hydrogens is 435 g/mol. The van der Waals surface area contributed by atoms with Gasteiger partial charge in [-0.25, -0.2) is 0 Å². The summed E-state index contributed by atoms with van der Waals surface area (Å²) in [4.78, 5) is 12.3. The third kappa shape index (κ3) is 5.84. The molecule has 2 aromatic rings. The zero-order valence-electron chi connectivity index (χ0n) is 15.1. The fraction of sp³-hybridized carbons (Fsp3) is 0.158. The third-order valence-corrected chi connectivity index (χ3v) is 3.95. The highest BCUT2D eigenvalue weighted by Gasteiger charge is 2.31. The smallest absolute Gasteiger partial charge is 0.416 e. The predicted octanol–water partition coefficient (Wildman–Crippen LogP) is 5.51. The molecule has 0 saturated heterocycles. The van der Waals surface area contributed by atoms with Crippen LogP contribution in [0.4, 0.5) is 27.6 Å². The maximum Gasteiger partial charge on any atom is 0.416 e. The van der Waals surface area contributed by atoms with Gasteiger partial charge in [-0.05, 0) is 42.0 Å². The van der Waals surface area contributed by atoms with Crippen LogP contribution in [0.25, 0.3) is 6.08 Å². The zero-order chi connectivity index (χ0) is 22.5. The van der Waals surface area contributed by atoms with Gasteiger partial charge in [-0.3, -0.25) is 4.79 Å². The highest BCUT2D eigenvalue weighted by molar-refractivity contribution is 6.34. The first-order chi connectivity index (χ1) is 14.0. The van der Waals surface area contributed by atoms with Crippen molar-refractivity contribution in [3.8, 4) is 17.6 Å². The second-order valence-corrected chi connectivity index (χ2v) is 6.01. The van der Waals surface area contributed by atoms with Crippen LogP contribution in [0.2, 0.25) is 5.02 Å². The van der Waals surface area contributed by atoms with Gasteiger partial charge in [0.2, 0.25) is 0 Å². The molecule has 0 aliphatic heterocycles. The number of hydrogen-bond acceptors (Lipinski definition) is 4. The number of hydrogen-bond donors (Lipinski definition) is 1. The van der Waals surface area contributed by atoms with Crippen LogP contribution in [0, 0.1) is 11.3 Å². The summed E-state index contributed by atoms with van der Waals surface area (Å²) in [6.45, 7) is -3.09. The number of nitriles is 1. The summed E-state index contributed by atoms with van der Waals surface area (Å²) in [5.41, 5.74) is -1.64. The Bertz CT molecular complexity index is 1020. The largest absolute Gasteiger partial charge is 0.493 e. The summed E-state index contributed by atoms with van der Waals surface area (Å²) in [5, 5.41) is 11.2. The van der Waals surface area contributed by atoms with Crippen molar-refractivity contribution in [2.24, 2.45) is 0 Å². The van der Waals surface area contributed by atoms with Gasteiger partial charge in [-0.2, -0.15) is 27.2 Å². The van der Waals surface area contributed by atoms with E-state index < -0.39 is 29.8 Å². The van der Waals surface area contributed by atoms with Gasteiger partial charge in [0.15, 0.2) is 11.5 Å². The molecule has 0 heterocycles. The second-order valence-electron chi connectivity index (χ2n) is 5.61. The molecule has 1 N–H and O–H groups in total. The van der Waals surface area contributed by atoms with Crippen molar-refractivity contribution < 1.29 is 36.2 Å². The first kappa shape index (κ1) is 23.0. The van der Waals surface area contributed by atoms with Gasteiger partial charge >= 0.3 is 12.8 Å². The molecule has 158 valence electrons. The van der Waals surface area contributed by atoms with E-state index in [-0.39, 0.29) is 27.8 Å². The molecule has 2 aromatic carbocycles. The Morgan fingerprint density at radius 3 is 2.47 bits per heavy atom. The summed E-state index contributed by atoms with van der Waals surface area (Å²) in [5.74, 6) is -1.36. The van der Waals surface area contributed by atoms with Crippen LogP contribution in [0.3, 0.4) is 0 Å². The van der Waals surface area contributed by atoms with Gasteiger partial charge in [0, 0.05) is 0 Å². The topological polar surface area (TPSA) is 71.3 Å². The molecule has 0 aromatic heterocycles. The Hall–Kier alpha value is -3.32. The van der Waals surface area contributed by atoms with E-state index in [1.807, 2.05) is 0 Å². The third-order valence-electron chi connectivity index (χ3n) is 3.62. The van der Waals surface area contributed by atoms with Crippen molar-refractivity contribution in [2.75, 3.05) is 12.4 Å². The maximum atomic E-state index is 12.8. The average Bonchev–Trinajstić information content (AvgIpc) is 2.67. The van der Waals surface area contributed by atoms with Crippen LogP contribution in [0.5, 0.6) is 11.5 Å². The van der Waals surface area contributed by atoms with Gasteiger partial charge in [-0.1, -0.05) is 17.7 Å². The quantitative estimate of drug-likeness (QED) is 0.360. The van der Waals surface area contributed by atoms with Gasteiger partial charge in [0.05, 0.1) is 23.4 Å². The van der Waals surface area contributed by atoms with E-state index in [2.05, 4.69) is 10.1 Å². The molecule has 0 aliphatic carbocycles. The summed E-state index contributed by atoms with van der Waals surface area (Å²) in [6.07, 6.45) is -3.57. The zero-order valence-corrected chi connectivity index (χ0v) is 15.8. The Morgan fingerprint density at radius 2 is 1.90 bits per heavy atom. The molecular formula is C19H12ClF5N2O3. The van der Waals surface area contributed by atoms with Crippen LogP contribution in [-0.4, -0.2) is 19.6 Å².